The van der Waals surface area contributed by atoms with Crippen LogP contribution in [0.3, 0.4) is 0 Å². The Labute approximate surface area is 89.0 Å². The van der Waals surface area contributed by atoms with Gasteiger partial charge in [-0.3, -0.25) is 15.6 Å². The molecule has 0 radical (unpaired) electrons. The van der Waals surface area contributed by atoms with E-state index in [9.17, 15) is 4.79 Å². The lowest BCUT2D eigenvalue weighted by atomic mass is 10.1. The van der Waals surface area contributed by atoms with Crippen LogP contribution < -0.4 is 16.2 Å². The summed E-state index contributed by atoms with van der Waals surface area (Å²) in [6, 6.07) is 9.28. The van der Waals surface area contributed by atoms with Crippen molar-refractivity contribution in [2.75, 3.05) is 19.6 Å². The predicted molar refractivity (Wildman–Crippen MR) is 58.3 cm³/mol. The summed E-state index contributed by atoms with van der Waals surface area (Å²) in [7, 11) is 0. The Balaban J connectivity index is 1.82. The number of amides is 1. The van der Waals surface area contributed by atoms with Crippen molar-refractivity contribution in [2.45, 2.75) is 0 Å². The standard InChI is InChI=1S/C11H15N3O/c15-11(10-4-2-1-3-5-10)12-6-9-7-13-14-8-9/h1-5,9,13-14H,6-8H2,(H,12,15). The molecule has 15 heavy (non-hydrogen) atoms. The Morgan fingerprint density at radius 1 is 1.27 bits per heavy atom. The second-order valence-electron chi connectivity index (χ2n) is 3.70. The van der Waals surface area contributed by atoms with Gasteiger partial charge in [-0.05, 0) is 12.1 Å². The Bertz CT molecular complexity index is 320. The third kappa shape index (κ3) is 2.78. The highest BCUT2D eigenvalue weighted by Crippen LogP contribution is 2.00. The molecule has 0 atom stereocenters. The second kappa shape index (κ2) is 4.91. The first-order valence-electron chi connectivity index (χ1n) is 5.15. The van der Waals surface area contributed by atoms with Crippen LogP contribution in [-0.2, 0) is 0 Å². The zero-order chi connectivity index (χ0) is 10.5. The minimum atomic E-state index is 0.00231. The fraction of sp³-hybridized carbons (Fsp3) is 0.364. The normalized spacial score (nSPS) is 16.5. The van der Waals surface area contributed by atoms with Gasteiger partial charge < -0.3 is 5.32 Å². The summed E-state index contributed by atoms with van der Waals surface area (Å²) < 4.78 is 0. The Morgan fingerprint density at radius 3 is 2.60 bits per heavy atom. The Morgan fingerprint density at radius 2 is 1.93 bits per heavy atom. The maximum absolute atomic E-state index is 11.6. The van der Waals surface area contributed by atoms with E-state index in [2.05, 4.69) is 16.2 Å². The minimum Gasteiger partial charge on any atom is -0.352 e. The highest BCUT2D eigenvalue weighted by molar-refractivity contribution is 5.94. The van der Waals surface area contributed by atoms with Crippen LogP contribution >= 0.6 is 0 Å². The van der Waals surface area contributed by atoms with Crippen LogP contribution in [0.1, 0.15) is 10.4 Å². The number of nitrogens with one attached hydrogen (secondary N) is 3. The van der Waals surface area contributed by atoms with E-state index in [4.69, 9.17) is 0 Å². The summed E-state index contributed by atoms with van der Waals surface area (Å²) in [6.07, 6.45) is 0. The first-order chi connectivity index (χ1) is 7.36. The SMILES string of the molecule is O=C(NCC1CNNC1)c1ccccc1. The van der Waals surface area contributed by atoms with Gasteiger partial charge in [-0.15, -0.1) is 0 Å². The Kier molecular flexibility index (Phi) is 3.32. The van der Waals surface area contributed by atoms with E-state index in [1.165, 1.54) is 0 Å². The summed E-state index contributed by atoms with van der Waals surface area (Å²) >= 11 is 0. The highest BCUT2D eigenvalue weighted by atomic mass is 16.1. The topological polar surface area (TPSA) is 53.2 Å². The molecule has 1 aromatic rings. The molecule has 1 aliphatic rings. The third-order valence-electron chi connectivity index (χ3n) is 2.49. The molecule has 0 aliphatic carbocycles. The highest BCUT2D eigenvalue weighted by Gasteiger charge is 2.14. The number of hydrogen-bond donors (Lipinski definition) is 3. The fourth-order valence-corrected chi connectivity index (χ4v) is 1.58. The van der Waals surface area contributed by atoms with Crippen LogP contribution in [0.25, 0.3) is 0 Å². The average Bonchev–Trinajstić information content (AvgIpc) is 2.80. The number of carbonyl (C=O) groups excluding carboxylic acids is 1. The van der Waals surface area contributed by atoms with Crippen LogP contribution in [0.5, 0.6) is 0 Å². The van der Waals surface area contributed by atoms with Gasteiger partial charge in [0.2, 0.25) is 0 Å². The molecule has 4 nitrogen and oxygen atoms in total. The number of carbonyl (C=O) groups is 1. The van der Waals surface area contributed by atoms with E-state index >= 15 is 0 Å². The zero-order valence-electron chi connectivity index (χ0n) is 8.49. The largest absolute Gasteiger partial charge is 0.352 e. The van der Waals surface area contributed by atoms with Crippen molar-refractivity contribution in [2.24, 2.45) is 5.92 Å². The van der Waals surface area contributed by atoms with Crippen molar-refractivity contribution in [1.29, 1.82) is 0 Å². The molecular weight excluding hydrogens is 190 g/mol. The van der Waals surface area contributed by atoms with Crippen LogP contribution in [0.15, 0.2) is 30.3 Å². The molecular formula is C11H15N3O. The van der Waals surface area contributed by atoms with Crippen molar-refractivity contribution >= 4 is 5.91 Å². The van der Waals surface area contributed by atoms with Crippen LogP contribution in [0, 0.1) is 5.92 Å². The number of hydrazine groups is 1. The van der Waals surface area contributed by atoms with Crippen molar-refractivity contribution < 1.29 is 4.79 Å². The molecule has 0 saturated carbocycles. The molecule has 0 aromatic heterocycles. The van der Waals surface area contributed by atoms with E-state index in [0.29, 0.717) is 12.5 Å². The van der Waals surface area contributed by atoms with E-state index < -0.39 is 0 Å². The molecule has 0 spiro atoms. The second-order valence-corrected chi connectivity index (χ2v) is 3.70. The first-order valence-corrected chi connectivity index (χ1v) is 5.15. The van der Waals surface area contributed by atoms with Gasteiger partial charge in [0.05, 0.1) is 0 Å². The van der Waals surface area contributed by atoms with E-state index in [-0.39, 0.29) is 5.91 Å². The summed E-state index contributed by atoms with van der Waals surface area (Å²) in [5.41, 5.74) is 6.79. The fourth-order valence-electron chi connectivity index (χ4n) is 1.58. The van der Waals surface area contributed by atoms with Gasteiger partial charge in [0.15, 0.2) is 0 Å². The van der Waals surface area contributed by atoms with Gasteiger partial charge >= 0.3 is 0 Å². The van der Waals surface area contributed by atoms with E-state index in [1.54, 1.807) is 0 Å². The molecule has 0 unspecified atom stereocenters. The molecule has 1 fully saturated rings. The van der Waals surface area contributed by atoms with Crippen LogP contribution in [-0.4, -0.2) is 25.5 Å². The smallest absolute Gasteiger partial charge is 0.251 e. The summed E-state index contributed by atoms with van der Waals surface area (Å²) in [5, 5.41) is 2.92. The maximum Gasteiger partial charge on any atom is 0.251 e. The molecule has 3 N–H and O–H groups in total. The molecule has 0 bridgehead atoms. The van der Waals surface area contributed by atoms with E-state index in [0.717, 1.165) is 18.7 Å². The molecule has 1 amide bonds. The monoisotopic (exact) mass is 205 g/mol. The van der Waals surface area contributed by atoms with Gasteiger partial charge in [0, 0.05) is 31.1 Å². The number of hydrogen-bond acceptors (Lipinski definition) is 3. The molecule has 1 aliphatic heterocycles. The van der Waals surface area contributed by atoms with Crippen molar-refractivity contribution in [3.05, 3.63) is 35.9 Å². The van der Waals surface area contributed by atoms with Crippen LogP contribution in [0.4, 0.5) is 0 Å². The van der Waals surface area contributed by atoms with E-state index in [1.807, 2.05) is 30.3 Å². The third-order valence-corrected chi connectivity index (χ3v) is 2.49. The minimum absolute atomic E-state index is 0.00231. The van der Waals surface area contributed by atoms with Crippen molar-refractivity contribution in [1.82, 2.24) is 16.2 Å². The van der Waals surface area contributed by atoms with Crippen molar-refractivity contribution in [3.63, 3.8) is 0 Å². The molecule has 1 heterocycles. The summed E-state index contributed by atoms with van der Waals surface area (Å²) in [4.78, 5) is 11.6. The molecule has 1 saturated heterocycles. The maximum atomic E-state index is 11.6. The average molecular weight is 205 g/mol. The van der Waals surface area contributed by atoms with Gasteiger partial charge in [-0.2, -0.15) is 0 Å². The van der Waals surface area contributed by atoms with Gasteiger partial charge in [-0.1, -0.05) is 18.2 Å². The zero-order valence-corrected chi connectivity index (χ0v) is 8.49. The van der Waals surface area contributed by atoms with Gasteiger partial charge in [0.25, 0.3) is 5.91 Å². The lowest BCUT2D eigenvalue weighted by Gasteiger charge is -2.09. The first kappa shape index (κ1) is 10.1. The Hall–Kier alpha value is -1.39. The molecule has 4 heteroatoms. The summed E-state index contributed by atoms with van der Waals surface area (Å²) in [5.74, 6) is 0.486. The predicted octanol–water partition coefficient (Wildman–Crippen LogP) is 0.140. The number of rotatable bonds is 3. The van der Waals surface area contributed by atoms with Gasteiger partial charge in [-0.25, -0.2) is 0 Å². The quantitative estimate of drug-likeness (QED) is 0.658. The molecule has 2 rings (SSSR count). The van der Waals surface area contributed by atoms with Crippen molar-refractivity contribution in [3.8, 4) is 0 Å². The van der Waals surface area contributed by atoms with Crippen LogP contribution in [0.2, 0.25) is 0 Å². The molecule has 80 valence electrons. The number of benzene rings is 1. The summed E-state index contributed by atoms with van der Waals surface area (Å²) in [6.45, 7) is 2.54. The molecule has 1 aromatic carbocycles. The van der Waals surface area contributed by atoms with Gasteiger partial charge in [0.1, 0.15) is 0 Å². The lowest BCUT2D eigenvalue weighted by molar-refractivity contribution is 0.0949. The lowest BCUT2D eigenvalue weighted by Crippen LogP contribution is -2.31.